The molecule has 0 unspecified atom stereocenters. The lowest BCUT2D eigenvalue weighted by Gasteiger charge is -2.23. The number of nitrogens with one attached hydrogen (secondary N) is 2. The molecule has 4 nitrogen and oxygen atoms in total. The van der Waals surface area contributed by atoms with Gasteiger partial charge in [-0.2, -0.15) is 0 Å². The number of ether oxygens (including phenoxy) is 1. The van der Waals surface area contributed by atoms with E-state index in [4.69, 9.17) is 16.3 Å². The highest BCUT2D eigenvalue weighted by Gasteiger charge is 2.26. The van der Waals surface area contributed by atoms with E-state index in [0.29, 0.717) is 5.02 Å². The lowest BCUT2D eigenvalue weighted by atomic mass is 9.97. The van der Waals surface area contributed by atoms with Gasteiger partial charge in [-0.3, -0.25) is 4.79 Å². The summed E-state index contributed by atoms with van der Waals surface area (Å²) in [5, 5.41) is 7.04. The zero-order chi connectivity index (χ0) is 16.9. The molecular weight excluding hydrogens is 324 g/mol. The minimum absolute atomic E-state index is 0.00763. The molecule has 2 aromatic carbocycles. The molecule has 0 bridgehead atoms. The quantitative estimate of drug-likeness (QED) is 0.876. The summed E-state index contributed by atoms with van der Waals surface area (Å²) < 4.78 is 5.22. The van der Waals surface area contributed by atoms with Crippen LogP contribution in [0.5, 0.6) is 5.75 Å². The average Bonchev–Trinajstić information content (AvgIpc) is 3.15. The molecule has 1 aliphatic heterocycles. The normalized spacial score (nSPS) is 18.2. The van der Waals surface area contributed by atoms with Gasteiger partial charge in [0.2, 0.25) is 5.91 Å². The Labute approximate surface area is 147 Å². The third-order valence-electron chi connectivity index (χ3n) is 4.38. The SMILES string of the molecule is COc1ccc([C@@H](NC(=O)[C@@H]2CCNC2)c2ccccc2Cl)cc1. The highest BCUT2D eigenvalue weighted by atomic mass is 35.5. The Morgan fingerprint density at radius 2 is 2.00 bits per heavy atom. The lowest BCUT2D eigenvalue weighted by Crippen LogP contribution is -2.35. The van der Waals surface area contributed by atoms with E-state index in [1.54, 1.807) is 7.11 Å². The highest BCUT2D eigenvalue weighted by Crippen LogP contribution is 2.30. The van der Waals surface area contributed by atoms with Crippen LogP contribution in [-0.2, 0) is 4.79 Å². The van der Waals surface area contributed by atoms with Crippen LogP contribution in [0.3, 0.4) is 0 Å². The molecule has 1 amide bonds. The molecule has 24 heavy (non-hydrogen) atoms. The molecule has 1 heterocycles. The van der Waals surface area contributed by atoms with E-state index in [-0.39, 0.29) is 17.9 Å². The predicted octanol–water partition coefficient (Wildman–Crippen LogP) is 3.16. The fourth-order valence-corrected chi connectivity index (χ4v) is 3.23. The number of carbonyl (C=O) groups excluding carboxylic acids is 1. The summed E-state index contributed by atoms with van der Waals surface area (Å²) in [7, 11) is 1.63. The van der Waals surface area contributed by atoms with Crippen LogP contribution in [0.1, 0.15) is 23.6 Å². The van der Waals surface area contributed by atoms with Crippen LogP contribution in [0.2, 0.25) is 5.02 Å². The number of hydrogen-bond donors (Lipinski definition) is 2. The summed E-state index contributed by atoms with van der Waals surface area (Å²) in [5.74, 6) is 0.844. The largest absolute Gasteiger partial charge is 0.497 e. The Kier molecular flexibility index (Phi) is 5.38. The molecule has 0 radical (unpaired) electrons. The van der Waals surface area contributed by atoms with Gasteiger partial charge in [0.1, 0.15) is 5.75 Å². The van der Waals surface area contributed by atoms with E-state index in [9.17, 15) is 4.79 Å². The smallest absolute Gasteiger partial charge is 0.225 e. The molecule has 0 aromatic heterocycles. The maximum absolute atomic E-state index is 12.6. The van der Waals surface area contributed by atoms with Crippen LogP contribution < -0.4 is 15.4 Å². The number of benzene rings is 2. The fraction of sp³-hybridized carbons (Fsp3) is 0.316. The van der Waals surface area contributed by atoms with Crippen molar-refractivity contribution in [2.75, 3.05) is 20.2 Å². The third kappa shape index (κ3) is 3.71. The van der Waals surface area contributed by atoms with Gasteiger partial charge >= 0.3 is 0 Å². The molecular formula is C19H21ClN2O2. The average molecular weight is 345 g/mol. The van der Waals surface area contributed by atoms with Crippen LogP contribution in [-0.4, -0.2) is 26.1 Å². The summed E-state index contributed by atoms with van der Waals surface area (Å²) in [6, 6.07) is 15.0. The van der Waals surface area contributed by atoms with Crippen molar-refractivity contribution < 1.29 is 9.53 Å². The second kappa shape index (κ2) is 7.69. The lowest BCUT2D eigenvalue weighted by molar-refractivity contribution is -0.124. The molecule has 0 aliphatic carbocycles. The van der Waals surface area contributed by atoms with E-state index in [2.05, 4.69) is 10.6 Å². The Bertz CT molecular complexity index is 697. The summed E-state index contributed by atoms with van der Waals surface area (Å²) in [6.07, 6.45) is 0.865. The molecule has 2 N–H and O–H groups in total. The Morgan fingerprint density at radius 3 is 2.62 bits per heavy atom. The van der Waals surface area contributed by atoms with Crippen LogP contribution in [0.15, 0.2) is 48.5 Å². The van der Waals surface area contributed by atoms with E-state index in [0.717, 1.165) is 36.4 Å². The zero-order valence-electron chi connectivity index (χ0n) is 13.6. The zero-order valence-corrected chi connectivity index (χ0v) is 14.3. The molecule has 1 fully saturated rings. The van der Waals surface area contributed by atoms with Crippen LogP contribution in [0, 0.1) is 5.92 Å². The third-order valence-corrected chi connectivity index (χ3v) is 4.73. The first-order chi connectivity index (χ1) is 11.7. The van der Waals surface area contributed by atoms with Crippen molar-refractivity contribution in [3.63, 3.8) is 0 Å². The van der Waals surface area contributed by atoms with E-state index < -0.39 is 0 Å². The highest BCUT2D eigenvalue weighted by molar-refractivity contribution is 6.31. The van der Waals surface area contributed by atoms with Crippen LogP contribution >= 0.6 is 11.6 Å². The number of amides is 1. The van der Waals surface area contributed by atoms with E-state index in [1.165, 1.54) is 0 Å². The van der Waals surface area contributed by atoms with Crippen LogP contribution in [0.4, 0.5) is 0 Å². The molecule has 3 rings (SSSR count). The van der Waals surface area contributed by atoms with Crippen molar-refractivity contribution >= 4 is 17.5 Å². The fourth-order valence-electron chi connectivity index (χ4n) is 2.98. The first kappa shape index (κ1) is 16.8. The first-order valence-corrected chi connectivity index (χ1v) is 8.46. The van der Waals surface area contributed by atoms with Gasteiger partial charge in [-0.15, -0.1) is 0 Å². The topological polar surface area (TPSA) is 50.4 Å². The minimum atomic E-state index is -0.280. The number of rotatable bonds is 5. The second-order valence-electron chi connectivity index (χ2n) is 5.93. The van der Waals surface area contributed by atoms with Gasteiger partial charge < -0.3 is 15.4 Å². The van der Waals surface area contributed by atoms with Gasteiger partial charge in [-0.05, 0) is 42.3 Å². The molecule has 1 aliphatic rings. The minimum Gasteiger partial charge on any atom is -0.497 e. The first-order valence-electron chi connectivity index (χ1n) is 8.08. The van der Waals surface area contributed by atoms with Crippen molar-refractivity contribution in [1.29, 1.82) is 0 Å². The summed E-state index contributed by atoms with van der Waals surface area (Å²) in [4.78, 5) is 12.6. The van der Waals surface area contributed by atoms with Gasteiger partial charge in [0, 0.05) is 11.6 Å². The Hall–Kier alpha value is -2.04. The molecule has 0 saturated carbocycles. The molecule has 2 aromatic rings. The maximum atomic E-state index is 12.6. The molecule has 0 spiro atoms. The van der Waals surface area contributed by atoms with Gasteiger partial charge in [0.15, 0.2) is 0 Å². The molecule has 5 heteroatoms. The summed E-state index contributed by atoms with van der Waals surface area (Å²) in [5.41, 5.74) is 1.87. The number of halogens is 1. The summed E-state index contributed by atoms with van der Waals surface area (Å²) in [6.45, 7) is 1.61. The van der Waals surface area contributed by atoms with Crippen molar-refractivity contribution in [2.24, 2.45) is 5.92 Å². The van der Waals surface area contributed by atoms with Crippen molar-refractivity contribution in [1.82, 2.24) is 10.6 Å². The number of carbonyl (C=O) groups is 1. The molecule has 126 valence electrons. The summed E-state index contributed by atoms with van der Waals surface area (Å²) >= 11 is 6.38. The van der Waals surface area contributed by atoms with Crippen molar-refractivity contribution in [3.8, 4) is 5.75 Å². The molecule has 2 atom stereocenters. The monoisotopic (exact) mass is 344 g/mol. The Balaban J connectivity index is 1.90. The standard InChI is InChI=1S/C19H21ClN2O2/c1-24-15-8-6-13(7-9-15)18(16-4-2-3-5-17(16)20)22-19(23)14-10-11-21-12-14/h2-9,14,18,21H,10-12H2,1H3,(H,22,23)/t14-,18-/m1/s1. The van der Waals surface area contributed by atoms with E-state index in [1.807, 2.05) is 48.5 Å². The van der Waals surface area contributed by atoms with Gasteiger partial charge in [0.05, 0.1) is 19.1 Å². The Morgan fingerprint density at radius 1 is 1.25 bits per heavy atom. The van der Waals surface area contributed by atoms with E-state index >= 15 is 0 Å². The van der Waals surface area contributed by atoms with Crippen molar-refractivity contribution in [3.05, 3.63) is 64.7 Å². The van der Waals surface area contributed by atoms with Gasteiger partial charge in [-0.25, -0.2) is 0 Å². The van der Waals surface area contributed by atoms with Crippen LogP contribution in [0.25, 0.3) is 0 Å². The predicted molar refractivity (Wildman–Crippen MR) is 95.4 cm³/mol. The van der Waals surface area contributed by atoms with Gasteiger partial charge in [0.25, 0.3) is 0 Å². The maximum Gasteiger partial charge on any atom is 0.225 e. The van der Waals surface area contributed by atoms with Crippen molar-refractivity contribution in [2.45, 2.75) is 12.5 Å². The van der Waals surface area contributed by atoms with Gasteiger partial charge in [-0.1, -0.05) is 41.9 Å². The number of hydrogen-bond acceptors (Lipinski definition) is 3. The number of methoxy groups -OCH3 is 1. The molecule has 1 saturated heterocycles. The second-order valence-corrected chi connectivity index (χ2v) is 6.33.